The summed E-state index contributed by atoms with van der Waals surface area (Å²) in [5, 5.41) is 0. The molecule has 5 nitrogen and oxygen atoms in total. The van der Waals surface area contributed by atoms with Crippen molar-refractivity contribution in [2.45, 2.75) is 25.4 Å². The number of nitrogens with zero attached hydrogens (tertiary/aromatic N) is 2. The SMILES string of the molecule is CCOC(=O)[C@@H]1C[C@H](C(=O)c2ccccc2)N2C(c3ccccn3)=CC=C[C@H]12. The smallest absolute Gasteiger partial charge is 0.311 e. The molecule has 0 aliphatic carbocycles. The first-order chi connectivity index (χ1) is 13.7. The quantitative estimate of drug-likeness (QED) is 0.592. The fraction of sp³-hybridized carbons (Fsp3) is 0.261. The van der Waals surface area contributed by atoms with Crippen LogP contribution in [-0.2, 0) is 9.53 Å². The second kappa shape index (κ2) is 7.80. The molecule has 0 N–H and O–H groups in total. The molecular formula is C23H22N2O3. The number of ether oxygens (including phenoxy) is 1. The van der Waals surface area contributed by atoms with Crippen LogP contribution < -0.4 is 0 Å². The number of fused-ring (bicyclic) bond motifs is 1. The van der Waals surface area contributed by atoms with E-state index in [9.17, 15) is 9.59 Å². The molecule has 0 radical (unpaired) electrons. The van der Waals surface area contributed by atoms with Gasteiger partial charge in [0.15, 0.2) is 5.78 Å². The van der Waals surface area contributed by atoms with Gasteiger partial charge >= 0.3 is 5.97 Å². The van der Waals surface area contributed by atoms with Gasteiger partial charge in [-0.05, 0) is 31.6 Å². The van der Waals surface area contributed by atoms with Crippen molar-refractivity contribution in [1.29, 1.82) is 0 Å². The summed E-state index contributed by atoms with van der Waals surface area (Å²) in [5.41, 5.74) is 2.28. The Labute approximate surface area is 164 Å². The Morgan fingerprint density at radius 1 is 1.14 bits per heavy atom. The number of Topliss-reactive ketones (excluding diaryl/α,β-unsaturated/α-hetero) is 1. The molecule has 1 saturated heterocycles. The lowest BCUT2D eigenvalue weighted by molar-refractivity contribution is -0.148. The Morgan fingerprint density at radius 3 is 2.64 bits per heavy atom. The molecule has 3 atom stereocenters. The van der Waals surface area contributed by atoms with E-state index in [4.69, 9.17) is 4.74 Å². The van der Waals surface area contributed by atoms with Crippen LogP contribution in [0.1, 0.15) is 29.4 Å². The zero-order chi connectivity index (χ0) is 19.5. The van der Waals surface area contributed by atoms with Crippen molar-refractivity contribution in [2.24, 2.45) is 5.92 Å². The molecular weight excluding hydrogens is 352 g/mol. The summed E-state index contributed by atoms with van der Waals surface area (Å²) in [4.78, 5) is 32.5. The van der Waals surface area contributed by atoms with Gasteiger partial charge in [0.1, 0.15) is 0 Å². The van der Waals surface area contributed by atoms with Crippen LogP contribution in [0.2, 0.25) is 0 Å². The average molecular weight is 374 g/mol. The second-order valence-electron chi connectivity index (χ2n) is 6.89. The number of hydrogen-bond acceptors (Lipinski definition) is 5. The maximum absolute atomic E-state index is 13.3. The lowest BCUT2D eigenvalue weighted by atomic mass is 9.95. The maximum Gasteiger partial charge on any atom is 0.311 e. The first-order valence-corrected chi connectivity index (χ1v) is 9.55. The number of pyridine rings is 1. The van der Waals surface area contributed by atoms with Gasteiger partial charge in [0.2, 0.25) is 0 Å². The number of hydrogen-bond donors (Lipinski definition) is 0. The molecule has 0 bridgehead atoms. The average Bonchev–Trinajstić information content (AvgIpc) is 3.14. The van der Waals surface area contributed by atoms with E-state index in [1.54, 1.807) is 13.1 Å². The van der Waals surface area contributed by atoms with Gasteiger partial charge in [0.05, 0.1) is 36.0 Å². The van der Waals surface area contributed by atoms with Crippen LogP contribution in [0.5, 0.6) is 0 Å². The molecule has 1 aromatic carbocycles. The predicted octanol–water partition coefficient (Wildman–Crippen LogP) is 3.50. The topological polar surface area (TPSA) is 59.5 Å². The van der Waals surface area contributed by atoms with E-state index >= 15 is 0 Å². The highest BCUT2D eigenvalue weighted by Gasteiger charge is 2.49. The van der Waals surface area contributed by atoms with Crippen LogP contribution in [0.15, 0.2) is 73.0 Å². The third-order valence-electron chi connectivity index (χ3n) is 5.26. The molecule has 3 heterocycles. The van der Waals surface area contributed by atoms with E-state index in [1.165, 1.54) is 0 Å². The number of esters is 1. The van der Waals surface area contributed by atoms with Crippen LogP contribution in [-0.4, -0.2) is 40.3 Å². The lowest BCUT2D eigenvalue weighted by Gasteiger charge is -2.34. The third-order valence-corrected chi connectivity index (χ3v) is 5.26. The fourth-order valence-electron chi connectivity index (χ4n) is 4.04. The fourth-order valence-corrected chi connectivity index (χ4v) is 4.04. The Hall–Kier alpha value is -3.21. The van der Waals surface area contributed by atoms with E-state index in [2.05, 4.69) is 4.98 Å². The van der Waals surface area contributed by atoms with Gasteiger partial charge in [-0.25, -0.2) is 0 Å². The van der Waals surface area contributed by atoms with Gasteiger partial charge in [-0.3, -0.25) is 14.6 Å². The summed E-state index contributed by atoms with van der Waals surface area (Å²) in [5.74, 6) is -0.636. The minimum absolute atomic E-state index is 0.00882. The van der Waals surface area contributed by atoms with Crippen LogP contribution in [0, 0.1) is 5.92 Å². The molecule has 1 fully saturated rings. The van der Waals surface area contributed by atoms with Crippen molar-refractivity contribution in [2.75, 3.05) is 6.61 Å². The minimum Gasteiger partial charge on any atom is -0.466 e. The van der Waals surface area contributed by atoms with E-state index in [1.807, 2.05) is 71.7 Å². The molecule has 2 aliphatic heterocycles. The van der Waals surface area contributed by atoms with Crippen LogP contribution >= 0.6 is 0 Å². The Balaban J connectivity index is 1.74. The van der Waals surface area contributed by atoms with Gasteiger partial charge in [-0.1, -0.05) is 48.6 Å². The molecule has 0 amide bonds. The van der Waals surface area contributed by atoms with Crippen molar-refractivity contribution in [3.8, 4) is 0 Å². The zero-order valence-electron chi connectivity index (χ0n) is 15.7. The highest BCUT2D eigenvalue weighted by molar-refractivity contribution is 6.02. The Kier molecular flexibility index (Phi) is 5.06. The summed E-state index contributed by atoms with van der Waals surface area (Å²) in [6.45, 7) is 2.12. The highest BCUT2D eigenvalue weighted by atomic mass is 16.5. The maximum atomic E-state index is 13.3. The first-order valence-electron chi connectivity index (χ1n) is 9.55. The van der Waals surface area contributed by atoms with Crippen LogP contribution in [0.4, 0.5) is 0 Å². The van der Waals surface area contributed by atoms with Gasteiger partial charge in [0.25, 0.3) is 0 Å². The number of rotatable bonds is 5. The van der Waals surface area contributed by atoms with Gasteiger partial charge in [-0.15, -0.1) is 0 Å². The number of benzene rings is 1. The number of allylic oxidation sites excluding steroid dienone is 2. The highest BCUT2D eigenvalue weighted by Crippen LogP contribution is 2.41. The molecule has 0 unspecified atom stereocenters. The van der Waals surface area contributed by atoms with Crippen LogP contribution in [0.25, 0.3) is 5.70 Å². The third kappa shape index (κ3) is 3.24. The summed E-state index contributed by atoms with van der Waals surface area (Å²) < 4.78 is 5.30. The molecule has 0 spiro atoms. The molecule has 28 heavy (non-hydrogen) atoms. The van der Waals surface area contributed by atoms with Crippen molar-refractivity contribution < 1.29 is 14.3 Å². The lowest BCUT2D eigenvalue weighted by Crippen LogP contribution is -2.41. The predicted molar refractivity (Wildman–Crippen MR) is 106 cm³/mol. The standard InChI is InChI=1S/C23H22N2O3/c1-2-28-23(27)17-15-21(22(26)16-9-4-3-5-10-16)25-19(17)12-8-13-20(25)18-11-6-7-14-24-18/h3-14,17,19,21H,2,15H2,1H3/t17-,19-,21-/m1/s1. The minimum atomic E-state index is -0.444. The number of ketones is 1. The van der Waals surface area contributed by atoms with E-state index < -0.39 is 6.04 Å². The first kappa shape index (κ1) is 18.2. The van der Waals surface area contributed by atoms with Crippen molar-refractivity contribution in [3.05, 3.63) is 84.2 Å². The molecule has 0 saturated carbocycles. The van der Waals surface area contributed by atoms with Gasteiger partial charge < -0.3 is 9.64 Å². The van der Waals surface area contributed by atoms with Crippen molar-refractivity contribution in [1.82, 2.24) is 9.88 Å². The molecule has 2 aliphatic rings. The largest absolute Gasteiger partial charge is 0.466 e. The van der Waals surface area contributed by atoms with Crippen molar-refractivity contribution >= 4 is 17.4 Å². The summed E-state index contributed by atoms with van der Waals surface area (Å²) >= 11 is 0. The van der Waals surface area contributed by atoms with Gasteiger partial charge in [0, 0.05) is 11.8 Å². The van der Waals surface area contributed by atoms with Crippen molar-refractivity contribution in [3.63, 3.8) is 0 Å². The van der Waals surface area contributed by atoms with E-state index in [-0.39, 0.29) is 23.7 Å². The Morgan fingerprint density at radius 2 is 1.93 bits per heavy atom. The van der Waals surface area contributed by atoms with E-state index in [0.717, 1.165) is 11.4 Å². The zero-order valence-corrected chi connectivity index (χ0v) is 15.7. The van der Waals surface area contributed by atoms with Gasteiger partial charge in [-0.2, -0.15) is 0 Å². The molecule has 4 rings (SSSR count). The monoisotopic (exact) mass is 374 g/mol. The second-order valence-corrected chi connectivity index (χ2v) is 6.89. The summed E-state index contributed by atoms with van der Waals surface area (Å²) in [6.07, 6.45) is 8.03. The summed E-state index contributed by atoms with van der Waals surface area (Å²) in [7, 11) is 0. The number of carbonyl (C=O) groups excluding carboxylic acids is 2. The normalized spacial score (nSPS) is 23.1. The number of aromatic nitrogens is 1. The Bertz CT molecular complexity index is 921. The van der Waals surface area contributed by atoms with Crippen LogP contribution in [0.3, 0.4) is 0 Å². The molecule has 1 aromatic heterocycles. The number of carbonyl (C=O) groups is 2. The molecule has 142 valence electrons. The van der Waals surface area contributed by atoms with E-state index in [0.29, 0.717) is 18.6 Å². The molecule has 5 heteroatoms. The summed E-state index contributed by atoms with van der Waals surface area (Å²) in [6, 6.07) is 14.3. The molecule has 2 aromatic rings.